The minimum Gasteiger partial charge on any atom is -0.354 e. The topological polar surface area (TPSA) is 19.4 Å². The van der Waals surface area contributed by atoms with Gasteiger partial charge in [0.2, 0.25) is 0 Å². The second-order valence-electron chi connectivity index (χ2n) is 5.62. The molecule has 0 unspecified atom stereocenters. The number of aromatic nitrogens is 1. The van der Waals surface area contributed by atoms with Gasteiger partial charge in [-0.25, -0.2) is 4.98 Å². The molecule has 1 aromatic carbocycles. The number of anilines is 1. The maximum atomic E-state index is 4.44. The molecule has 3 rings (SSSR count). The number of piperazine rings is 1. The highest BCUT2D eigenvalue weighted by Crippen LogP contribution is 2.14. The Morgan fingerprint density at radius 1 is 0.905 bits per heavy atom. The zero-order valence-corrected chi connectivity index (χ0v) is 12.7. The van der Waals surface area contributed by atoms with Crippen LogP contribution in [0.15, 0.2) is 48.7 Å². The van der Waals surface area contributed by atoms with Gasteiger partial charge in [-0.2, -0.15) is 0 Å². The average Bonchev–Trinajstić information content (AvgIpc) is 2.57. The summed E-state index contributed by atoms with van der Waals surface area (Å²) in [6.45, 7) is 7.58. The van der Waals surface area contributed by atoms with Crippen LogP contribution in [0.1, 0.15) is 18.1 Å². The summed E-state index contributed by atoms with van der Waals surface area (Å²) in [5.41, 5.74) is 2.83. The van der Waals surface area contributed by atoms with E-state index in [-0.39, 0.29) is 0 Å². The van der Waals surface area contributed by atoms with Crippen LogP contribution in [0.2, 0.25) is 0 Å². The molecule has 0 bridgehead atoms. The molecule has 3 heteroatoms. The molecular weight excluding hydrogens is 258 g/mol. The second-order valence-corrected chi connectivity index (χ2v) is 5.62. The van der Waals surface area contributed by atoms with E-state index in [0.29, 0.717) is 0 Å². The first-order chi connectivity index (χ1) is 10.3. The van der Waals surface area contributed by atoms with E-state index >= 15 is 0 Å². The van der Waals surface area contributed by atoms with Crippen molar-refractivity contribution >= 4 is 5.82 Å². The van der Waals surface area contributed by atoms with Crippen molar-refractivity contribution in [1.29, 1.82) is 0 Å². The molecule has 0 amide bonds. The number of hydrogen-bond donors (Lipinski definition) is 0. The molecule has 2 aromatic rings. The second kappa shape index (κ2) is 6.72. The van der Waals surface area contributed by atoms with Gasteiger partial charge < -0.3 is 4.90 Å². The third kappa shape index (κ3) is 3.61. The minimum absolute atomic E-state index is 1.06. The number of hydrogen-bond acceptors (Lipinski definition) is 3. The van der Waals surface area contributed by atoms with Crippen molar-refractivity contribution < 1.29 is 0 Å². The average molecular weight is 281 g/mol. The van der Waals surface area contributed by atoms with Gasteiger partial charge in [-0.05, 0) is 29.7 Å². The molecule has 1 fully saturated rings. The van der Waals surface area contributed by atoms with Crippen molar-refractivity contribution in [3.05, 3.63) is 59.8 Å². The maximum Gasteiger partial charge on any atom is 0.128 e. The summed E-state index contributed by atoms with van der Waals surface area (Å²) in [6, 6.07) is 15.2. The van der Waals surface area contributed by atoms with Crippen molar-refractivity contribution in [2.24, 2.45) is 0 Å². The van der Waals surface area contributed by atoms with E-state index in [2.05, 4.69) is 58.1 Å². The maximum absolute atomic E-state index is 4.44. The van der Waals surface area contributed by atoms with Crippen molar-refractivity contribution in [3.8, 4) is 0 Å². The molecule has 2 heterocycles. The Hall–Kier alpha value is -1.87. The van der Waals surface area contributed by atoms with Gasteiger partial charge in [-0.3, -0.25) is 4.90 Å². The number of pyridine rings is 1. The molecule has 0 spiro atoms. The van der Waals surface area contributed by atoms with Crippen LogP contribution in [0.5, 0.6) is 0 Å². The summed E-state index contributed by atoms with van der Waals surface area (Å²) in [5.74, 6) is 1.10. The van der Waals surface area contributed by atoms with Crippen LogP contribution in [0.3, 0.4) is 0 Å². The van der Waals surface area contributed by atoms with Crippen LogP contribution in [0.25, 0.3) is 0 Å². The van der Waals surface area contributed by atoms with E-state index in [1.807, 2.05) is 12.3 Å². The predicted molar refractivity (Wildman–Crippen MR) is 87.5 cm³/mol. The number of benzene rings is 1. The molecule has 1 aromatic heterocycles. The van der Waals surface area contributed by atoms with Crippen LogP contribution in [-0.4, -0.2) is 36.1 Å². The van der Waals surface area contributed by atoms with Crippen LogP contribution in [0.4, 0.5) is 5.82 Å². The van der Waals surface area contributed by atoms with Crippen LogP contribution in [0, 0.1) is 0 Å². The lowest BCUT2D eigenvalue weighted by Crippen LogP contribution is -2.46. The Morgan fingerprint density at radius 3 is 2.24 bits per heavy atom. The lowest BCUT2D eigenvalue weighted by Gasteiger charge is -2.35. The summed E-state index contributed by atoms with van der Waals surface area (Å²) in [4.78, 5) is 9.34. The Balaban J connectivity index is 1.53. The van der Waals surface area contributed by atoms with Gasteiger partial charge in [0.25, 0.3) is 0 Å². The molecule has 0 atom stereocenters. The zero-order chi connectivity index (χ0) is 14.5. The summed E-state index contributed by atoms with van der Waals surface area (Å²) >= 11 is 0. The van der Waals surface area contributed by atoms with Crippen LogP contribution in [-0.2, 0) is 13.0 Å². The fraction of sp³-hybridized carbons (Fsp3) is 0.389. The standard InChI is InChI=1S/C18H23N3/c1-2-16-6-8-17(9-7-16)15-20-11-13-21(14-12-20)18-5-3-4-10-19-18/h3-10H,2,11-15H2,1H3. The van der Waals surface area contributed by atoms with Crippen molar-refractivity contribution in [2.75, 3.05) is 31.1 Å². The summed E-state index contributed by atoms with van der Waals surface area (Å²) in [6.07, 6.45) is 2.99. The lowest BCUT2D eigenvalue weighted by atomic mass is 10.1. The van der Waals surface area contributed by atoms with Gasteiger partial charge in [-0.15, -0.1) is 0 Å². The van der Waals surface area contributed by atoms with Crippen molar-refractivity contribution in [2.45, 2.75) is 19.9 Å². The smallest absolute Gasteiger partial charge is 0.128 e. The highest BCUT2D eigenvalue weighted by Gasteiger charge is 2.17. The van der Waals surface area contributed by atoms with Gasteiger partial charge in [0.1, 0.15) is 5.82 Å². The number of rotatable bonds is 4. The fourth-order valence-corrected chi connectivity index (χ4v) is 2.81. The summed E-state index contributed by atoms with van der Waals surface area (Å²) < 4.78 is 0. The van der Waals surface area contributed by atoms with Crippen molar-refractivity contribution in [3.63, 3.8) is 0 Å². The summed E-state index contributed by atoms with van der Waals surface area (Å²) in [5, 5.41) is 0. The van der Waals surface area contributed by atoms with E-state index < -0.39 is 0 Å². The first-order valence-electron chi connectivity index (χ1n) is 7.81. The first kappa shape index (κ1) is 14.1. The van der Waals surface area contributed by atoms with Crippen LogP contribution < -0.4 is 4.90 Å². The highest BCUT2D eigenvalue weighted by molar-refractivity contribution is 5.38. The molecule has 110 valence electrons. The van der Waals surface area contributed by atoms with E-state index in [0.717, 1.165) is 45.0 Å². The molecule has 3 nitrogen and oxygen atoms in total. The van der Waals surface area contributed by atoms with E-state index in [1.54, 1.807) is 0 Å². The molecule has 1 aliphatic rings. The fourth-order valence-electron chi connectivity index (χ4n) is 2.81. The predicted octanol–water partition coefficient (Wildman–Crippen LogP) is 2.97. The minimum atomic E-state index is 1.06. The third-order valence-corrected chi connectivity index (χ3v) is 4.18. The Bertz CT molecular complexity index is 542. The molecule has 1 saturated heterocycles. The molecule has 0 aliphatic carbocycles. The monoisotopic (exact) mass is 281 g/mol. The molecule has 0 radical (unpaired) electrons. The SMILES string of the molecule is CCc1ccc(CN2CCN(c3ccccn3)CC2)cc1. The largest absolute Gasteiger partial charge is 0.354 e. The third-order valence-electron chi connectivity index (χ3n) is 4.18. The molecule has 1 aliphatic heterocycles. The zero-order valence-electron chi connectivity index (χ0n) is 12.7. The van der Waals surface area contributed by atoms with Crippen molar-refractivity contribution in [1.82, 2.24) is 9.88 Å². The van der Waals surface area contributed by atoms with E-state index in [9.17, 15) is 0 Å². The lowest BCUT2D eigenvalue weighted by molar-refractivity contribution is 0.249. The van der Waals surface area contributed by atoms with Gasteiger partial charge in [-0.1, -0.05) is 37.3 Å². The number of nitrogens with zero attached hydrogens (tertiary/aromatic N) is 3. The number of aryl methyl sites for hydroxylation is 1. The Labute approximate surface area is 127 Å². The molecule has 0 saturated carbocycles. The quantitative estimate of drug-likeness (QED) is 0.859. The Kier molecular flexibility index (Phi) is 4.51. The molecule has 0 N–H and O–H groups in total. The Morgan fingerprint density at radius 2 is 1.62 bits per heavy atom. The van der Waals surface area contributed by atoms with Gasteiger partial charge in [0.05, 0.1) is 0 Å². The highest BCUT2D eigenvalue weighted by atomic mass is 15.3. The van der Waals surface area contributed by atoms with E-state index in [4.69, 9.17) is 0 Å². The van der Waals surface area contributed by atoms with Gasteiger partial charge >= 0.3 is 0 Å². The van der Waals surface area contributed by atoms with Gasteiger partial charge in [0.15, 0.2) is 0 Å². The normalized spacial score (nSPS) is 16.1. The van der Waals surface area contributed by atoms with Crippen LogP contribution >= 0.6 is 0 Å². The first-order valence-corrected chi connectivity index (χ1v) is 7.81. The molecule has 21 heavy (non-hydrogen) atoms. The molecular formula is C18H23N3. The van der Waals surface area contributed by atoms with E-state index in [1.165, 1.54) is 11.1 Å². The summed E-state index contributed by atoms with van der Waals surface area (Å²) in [7, 11) is 0. The van der Waals surface area contributed by atoms with Gasteiger partial charge in [0, 0.05) is 38.9 Å².